The molecule has 0 spiro atoms. The van der Waals surface area contributed by atoms with E-state index in [1.165, 1.54) is 12.1 Å². The molecule has 1 heterocycles. The molecule has 0 aliphatic heterocycles. The van der Waals surface area contributed by atoms with E-state index >= 15 is 0 Å². The number of alkyl halides is 2. The lowest BCUT2D eigenvalue weighted by atomic mass is 10.2. The van der Waals surface area contributed by atoms with Gasteiger partial charge in [0.2, 0.25) is 0 Å². The maximum atomic E-state index is 12.7. The number of benzene rings is 1. The van der Waals surface area contributed by atoms with Crippen LogP contribution in [0.1, 0.15) is 37.0 Å². The van der Waals surface area contributed by atoms with Gasteiger partial charge in [-0.1, -0.05) is 36.5 Å². The highest BCUT2D eigenvalue weighted by Crippen LogP contribution is 2.34. The van der Waals surface area contributed by atoms with Gasteiger partial charge in [-0.15, -0.1) is 34.2 Å². The van der Waals surface area contributed by atoms with E-state index in [1.54, 1.807) is 0 Å². The fourth-order valence-electron chi connectivity index (χ4n) is 2.44. The van der Waals surface area contributed by atoms with Gasteiger partial charge in [-0.3, -0.25) is 0 Å². The molecule has 7 nitrogen and oxygen atoms in total. The maximum absolute atomic E-state index is 12.7. The normalized spacial score (nSPS) is 11.4. The average molecular weight is 577 g/mol. The molecular weight excluding hydrogens is 552 g/mol. The molecule has 0 aliphatic carbocycles. The Kier molecular flexibility index (Phi) is 11.6. The fourth-order valence-corrected chi connectivity index (χ4v) is 3.02. The number of nitrogens with one attached hydrogen (secondary N) is 2. The van der Waals surface area contributed by atoms with Crippen molar-refractivity contribution in [1.82, 2.24) is 25.4 Å². The monoisotopic (exact) mass is 576 g/mol. The van der Waals surface area contributed by atoms with Crippen LogP contribution in [-0.2, 0) is 20.1 Å². The van der Waals surface area contributed by atoms with Crippen LogP contribution in [0.25, 0.3) is 0 Å². The maximum Gasteiger partial charge on any atom is 0.387 e. The largest absolute Gasteiger partial charge is 0.433 e. The third-order valence-electron chi connectivity index (χ3n) is 4.12. The van der Waals surface area contributed by atoms with E-state index in [0.717, 1.165) is 24.5 Å². The summed E-state index contributed by atoms with van der Waals surface area (Å²) in [5.41, 5.74) is 0.355. The number of aryl methyl sites for hydroxylation is 1. The van der Waals surface area contributed by atoms with Crippen LogP contribution < -0.4 is 15.4 Å². The van der Waals surface area contributed by atoms with Crippen molar-refractivity contribution in [1.29, 1.82) is 0 Å². The van der Waals surface area contributed by atoms with Gasteiger partial charge in [0.15, 0.2) is 11.8 Å². The highest BCUT2D eigenvalue weighted by molar-refractivity contribution is 14.0. The van der Waals surface area contributed by atoms with Crippen molar-refractivity contribution in [2.24, 2.45) is 12.0 Å². The smallest absolute Gasteiger partial charge is 0.387 e. The van der Waals surface area contributed by atoms with Gasteiger partial charge in [-0.25, -0.2) is 4.99 Å². The Balaban J connectivity index is 0.00000450. The summed E-state index contributed by atoms with van der Waals surface area (Å²) in [7, 11) is 1.87. The Morgan fingerprint density at radius 3 is 2.60 bits per heavy atom. The second kappa shape index (κ2) is 13.1. The number of aliphatic imine (C=N–C) groups is 1. The van der Waals surface area contributed by atoms with E-state index in [9.17, 15) is 8.78 Å². The molecule has 0 amide bonds. The van der Waals surface area contributed by atoms with Crippen molar-refractivity contribution in [2.45, 2.75) is 46.4 Å². The number of hydrogen-bond donors (Lipinski definition) is 2. The fraction of sp³-hybridized carbons (Fsp3) is 0.500. The predicted molar refractivity (Wildman–Crippen MR) is 125 cm³/mol. The number of rotatable bonds is 9. The minimum atomic E-state index is -3.00. The minimum absolute atomic E-state index is 0. The zero-order valence-electron chi connectivity index (χ0n) is 16.9. The van der Waals surface area contributed by atoms with E-state index in [0.29, 0.717) is 29.6 Å². The summed E-state index contributed by atoms with van der Waals surface area (Å²) in [6, 6.07) is 2.85. The molecule has 0 saturated heterocycles. The van der Waals surface area contributed by atoms with Gasteiger partial charge in [-0.2, -0.15) is 8.78 Å². The van der Waals surface area contributed by atoms with E-state index in [1.807, 2.05) is 18.5 Å². The van der Waals surface area contributed by atoms with Crippen molar-refractivity contribution in [2.75, 3.05) is 6.54 Å². The molecule has 1 aromatic carbocycles. The highest BCUT2D eigenvalue weighted by Gasteiger charge is 2.15. The Bertz CT molecular complexity index is 850. The van der Waals surface area contributed by atoms with Crippen LogP contribution >= 0.6 is 47.2 Å². The summed E-state index contributed by atoms with van der Waals surface area (Å²) < 4.78 is 31.9. The summed E-state index contributed by atoms with van der Waals surface area (Å²) in [5, 5.41) is 14.8. The number of halogens is 5. The molecule has 0 saturated carbocycles. The highest BCUT2D eigenvalue weighted by atomic mass is 127. The van der Waals surface area contributed by atoms with Gasteiger partial charge in [0, 0.05) is 24.2 Å². The number of guanidine groups is 1. The molecule has 2 N–H and O–H groups in total. The second-order valence-electron chi connectivity index (χ2n) is 6.28. The second-order valence-corrected chi connectivity index (χ2v) is 7.12. The van der Waals surface area contributed by atoms with Gasteiger partial charge >= 0.3 is 6.61 Å². The van der Waals surface area contributed by atoms with Gasteiger partial charge in [0.25, 0.3) is 0 Å². The predicted octanol–water partition coefficient (Wildman–Crippen LogP) is 4.69. The number of unbranched alkanes of at least 4 members (excludes halogenated alkanes) is 1. The van der Waals surface area contributed by atoms with E-state index < -0.39 is 6.61 Å². The van der Waals surface area contributed by atoms with Crippen LogP contribution in [0, 0.1) is 6.92 Å². The van der Waals surface area contributed by atoms with Gasteiger partial charge in [0.05, 0.1) is 18.1 Å². The minimum Gasteiger partial charge on any atom is -0.433 e. The lowest BCUT2D eigenvalue weighted by molar-refractivity contribution is -0.0503. The van der Waals surface area contributed by atoms with E-state index in [2.05, 4.69) is 37.5 Å². The summed E-state index contributed by atoms with van der Waals surface area (Å²) in [6.07, 6.45) is 1.96. The van der Waals surface area contributed by atoms with Crippen LogP contribution in [0.3, 0.4) is 0 Å². The zero-order valence-corrected chi connectivity index (χ0v) is 20.7. The Hall–Kier alpha value is -1.40. The van der Waals surface area contributed by atoms with Gasteiger partial charge in [0.1, 0.15) is 11.6 Å². The van der Waals surface area contributed by atoms with Crippen molar-refractivity contribution in [3.8, 4) is 5.75 Å². The Morgan fingerprint density at radius 2 is 2.00 bits per heavy atom. The topological polar surface area (TPSA) is 76.4 Å². The van der Waals surface area contributed by atoms with Crippen LogP contribution in [0.4, 0.5) is 8.78 Å². The third kappa shape index (κ3) is 8.03. The van der Waals surface area contributed by atoms with Crippen LogP contribution in [0.2, 0.25) is 10.0 Å². The summed E-state index contributed by atoms with van der Waals surface area (Å²) in [6.45, 7) is 2.08. The van der Waals surface area contributed by atoms with Crippen molar-refractivity contribution in [3.05, 3.63) is 39.4 Å². The van der Waals surface area contributed by atoms with Crippen molar-refractivity contribution >= 4 is 53.1 Å². The Labute approximate surface area is 201 Å². The summed E-state index contributed by atoms with van der Waals surface area (Å²) in [5.74, 6) is 1.89. The van der Waals surface area contributed by atoms with E-state index in [4.69, 9.17) is 23.2 Å². The molecule has 2 rings (SSSR count). The molecule has 0 unspecified atom stereocenters. The molecular formula is C18H25Cl2F2IN6O. The first-order valence-electron chi connectivity index (χ1n) is 9.11. The first-order valence-corrected chi connectivity index (χ1v) is 9.87. The quantitative estimate of drug-likeness (QED) is 0.196. The number of aromatic nitrogens is 3. The molecule has 0 bridgehead atoms. The molecule has 2 aromatic rings. The number of ether oxygens (including phenoxy) is 1. The van der Waals surface area contributed by atoms with Crippen LogP contribution in [0.15, 0.2) is 17.1 Å². The lowest BCUT2D eigenvalue weighted by Crippen LogP contribution is -2.38. The molecule has 0 radical (unpaired) electrons. The molecule has 0 aliphatic rings. The Morgan fingerprint density at radius 1 is 1.27 bits per heavy atom. The lowest BCUT2D eigenvalue weighted by Gasteiger charge is -2.14. The van der Waals surface area contributed by atoms with Gasteiger partial charge < -0.3 is 19.9 Å². The van der Waals surface area contributed by atoms with Crippen LogP contribution in [0.5, 0.6) is 5.75 Å². The first-order chi connectivity index (χ1) is 13.8. The number of nitrogens with zero attached hydrogens (tertiary/aromatic N) is 4. The summed E-state index contributed by atoms with van der Waals surface area (Å²) >= 11 is 12.0. The summed E-state index contributed by atoms with van der Waals surface area (Å²) in [4.78, 5) is 4.46. The standard InChI is InChI=1S/C18H24Cl2F2N6O.HI/c1-4-5-6-23-18(25-10-15-27-26-11(2)28(15)3)24-9-12-7-13(19)8-14(20)16(12)29-17(21)22;/h7-8,17H,4-6,9-10H2,1-3H3,(H2,23,24,25);1H. The van der Waals surface area contributed by atoms with Crippen molar-refractivity contribution < 1.29 is 13.5 Å². The first kappa shape index (κ1) is 26.6. The zero-order chi connectivity index (χ0) is 21.4. The molecule has 0 atom stereocenters. The average Bonchev–Trinajstić information content (AvgIpc) is 2.97. The molecule has 0 fully saturated rings. The van der Waals surface area contributed by atoms with Crippen LogP contribution in [-0.4, -0.2) is 33.9 Å². The van der Waals surface area contributed by atoms with Crippen molar-refractivity contribution in [3.63, 3.8) is 0 Å². The molecule has 168 valence electrons. The molecule has 12 heteroatoms. The van der Waals surface area contributed by atoms with E-state index in [-0.39, 0.29) is 41.3 Å². The SMILES string of the molecule is CCCCNC(=NCc1cc(Cl)cc(Cl)c1OC(F)F)NCc1nnc(C)n1C.I. The third-order valence-corrected chi connectivity index (χ3v) is 4.62. The number of hydrogen-bond acceptors (Lipinski definition) is 4. The molecule has 30 heavy (non-hydrogen) atoms. The molecule has 1 aromatic heterocycles. The van der Waals surface area contributed by atoms with Gasteiger partial charge in [-0.05, 0) is 25.5 Å².